The molecular weight excluding hydrogens is 503 g/mol. The van der Waals surface area contributed by atoms with E-state index in [1.165, 1.54) is 50.6 Å². The predicted octanol–water partition coefficient (Wildman–Crippen LogP) is 7.30. The van der Waals surface area contributed by atoms with Crippen LogP contribution < -0.4 is 4.74 Å². The van der Waals surface area contributed by atoms with E-state index in [4.69, 9.17) is 4.74 Å². The van der Waals surface area contributed by atoms with Gasteiger partial charge < -0.3 is 14.7 Å². The molecule has 3 fully saturated rings. The number of aliphatic hydroxyl groups is 1. The first-order chi connectivity index (χ1) is 17.1. The van der Waals surface area contributed by atoms with Crippen LogP contribution in [0, 0.1) is 5.92 Å². The Labute approximate surface area is 236 Å². The maximum absolute atomic E-state index is 12.2. The van der Waals surface area contributed by atoms with Crippen molar-refractivity contribution in [3.8, 4) is 11.5 Å². The van der Waals surface area contributed by atoms with Gasteiger partial charge in [-0.05, 0) is 61.4 Å². The summed E-state index contributed by atoms with van der Waals surface area (Å²) >= 11 is 0. The molecule has 3 atom stereocenters. The fourth-order valence-electron chi connectivity index (χ4n) is 6.92. The van der Waals surface area contributed by atoms with Crippen molar-refractivity contribution < 1.29 is 9.84 Å². The van der Waals surface area contributed by atoms with Crippen LogP contribution in [-0.4, -0.2) is 59.3 Å². The van der Waals surface area contributed by atoms with Gasteiger partial charge in [-0.15, -0.1) is 24.8 Å². The first kappa shape index (κ1) is 30.2. The lowest BCUT2D eigenvalue weighted by molar-refractivity contribution is -0.0983. The van der Waals surface area contributed by atoms with E-state index in [-0.39, 0.29) is 36.8 Å². The van der Waals surface area contributed by atoms with E-state index in [0.717, 1.165) is 62.9 Å². The summed E-state index contributed by atoms with van der Waals surface area (Å²) in [4.78, 5) is 5.32. The molecule has 2 aliphatic carbocycles. The highest BCUT2D eigenvalue weighted by Crippen LogP contribution is 2.43. The molecule has 1 N–H and O–H groups in total. The minimum Gasteiger partial charge on any atom is -0.457 e. The average molecular weight is 550 g/mol. The van der Waals surface area contributed by atoms with Crippen molar-refractivity contribution in [2.24, 2.45) is 5.92 Å². The smallest absolute Gasteiger partial charge is 0.127 e. The Hall–Kier alpha value is -1.30. The molecule has 1 aliphatic heterocycles. The number of hydrogen-bond donors (Lipinski definition) is 1. The van der Waals surface area contributed by atoms with Crippen LogP contribution in [0.3, 0.4) is 0 Å². The van der Waals surface area contributed by atoms with Crippen molar-refractivity contribution in [1.82, 2.24) is 9.80 Å². The zero-order chi connectivity index (χ0) is 24.1. The molecule has 0 amide bonds. The largest absolute Gasteiger partial charge is 0.457 e. The van der Waals surface area contributed by atoms with Crippen LogP contribution in [0.2, 0.25) is 0 Å². The van der Waals surface area contributed by atoms with Crippen molar-refractivity contribution in [2.75, 3.05) is 32.7 Å². The SMILES string of the molecule is CC(c1cccc(Oc2ccccc2)c1)C1(O)CCCCC1N1CCN(CC2CCCCC2)CC1.Cl.Cl. The van der Waals surface area contributed by atoms with Crippen molar-refractivity contribution in [1.29, 1.82) is 0 Å². The topological polar surface area (TPSA) is 35.9 Å². The molecule has 1 heterocycles. The van der Waals surface area contributed by atoms with Crippen LogP contribution >= 0.6 is 24.8 Å². The summed E-state index contributed by atoms with van der Waals surface area (Å²) in [5.74, 6) is 2.66. The molecule has 0 aromatic heterocycles. The van der Waals surface area contributed by atoms with E-state index in [1.54, 1.807) is 0 Å². The minimum absolute atomic E-state index is 0. The fourth-order valence-corrected chi connectivity index (χ4v) is 6.92. The molecule has 37 heavy (non-hydrogen) atoms. The van der Waals surface area contributed by atoms with Gasteiger partial charge in [0, 0.05) is 44.7 Å². The Bertz CT molecular complexity index is 932. The highest BCUT2D eigenvalue weighted by Gasteiger charge is 2.47. The molecule has 6 heteroatoms. The number of halogens is 2. The number of rotatable bonds is 7. The molecular formula is C31H46Cl2N2O2. The van der Waals surface area contributed by atoms with Gasteiger partial charge in [0.2, 0.25) is 0 Å². The predicted molar refractivity (Wildman–Crippen MR) is 158 cm³/mol. The second-order valence-electron chi connectivity index (χ2n) is 11.3. The van der Waals surface area contributed by atoms with Gasteiger partial charge in [0.25, 0.3) is 0 Å². The number of benzene rings is 2. The van der Waals surface area contributed by atoms with Crippen molar-refractivity contribution in [2.45, 2.75) is 82.3 Å². The van der Waals surface area contributed by atoms with Gasteiger partial charge in [-0.2, -0.15) is 0 Å². The highest BCUT2D eigenvalue weighted by molar-refractivity contribution is 5.85. The molecule has 1 saturated heterocycles. The van der Waals surface area contributed by atoms with E-state index < -0.39 is 5.60 Å². The average Bonchev–Trinajstić information content (AvgIpc) is 2.90. The molecule has 0 radical (unpaired) electrons. The van der Waals surface area contributed by atoms with Crippen LogP contribution in [0.4, 0.5) is 0 Å². The normalized spacial score (nSPS) is 26.5. The first-order valence-electron chi connectivity index (χ1n) is 14.1. The van der Waals surface area contributed by atoms with Crippen LogP contribution in [0.25, 0.3) is 0 Å². The molecule has 2 saturated carbocycles. The lowest BCUT2D eigenvalue weighted by atomic mass is 9.69. The summed E-state index contributed by atoms with van der Waals surface area (Å²) in [7, 11) is 0. The van der Waals surface area contributed by atoms with Gasteiger partial charge in [0.1, 0.15) is 11.5 Å². The van der Waals surface area contributed by atoms with E-state index in [2.05, 4.69) is 34.9 Å². The summed E-state index contributed by atoms with van der Waals surface area (Å²) in [5.41, 5.74) is 0.471. The van der Waals surface area contributed by atoms with Crippen molar-refractivity contribution in [3.05, 3.63) is 60.2 Å². The van der Waals surface area contributed by atoms with Gasteiger partial charge in [0.15, 0.2) is 0 Å². The van der Waals surface area contributed by atoms with Crippen LogP contribution in [-0.2, 0) is 0 Å². The van der Waals surface area contributed by atoms with Crippen molar-refractivity contribution >= 4 is 24.8 Å². The second kappa shape index (κ2) is 14.2. The number of para-hydroxylation sites is 1. The number of hydrogen-bond acceptors (Lipinski definition) is 4. The Balaban J connectivity index is 0.00000190. The number of nitrogens with zero attached hydrogens (tertiary/aromatic N) is 2. The van der Waals surface area contributed by atoms with Gasteiger partial charge >= 0.3 is 0 Å². The molecule has 5 rings (SSSR count). The lowest BCUT2D eigenvalue weighted by Gasteiger charge is -2.51. The van der Waals surface area contributed by atoms with E-state index in [1.807, 2.05) is 36.4 Å². The third kappa shape index (κ3) is 7.42. The standard InChI is InChI=1S/C31H44N2O2.2ClH/c1-25(27-13-10-16-29(23-27)35-28-14-6-3-7-15-28)31(34)18-9-8-17-30(31)33-21-19-32(20-22-33)24-26-11-4-2-5-12-26;;/h3,6-7,10,13-16,23,25-26,30,34H,2,4-5,8-9,11-12,17-22,24H2,1H3;2*1H. The third-order valence-corrected chi connectivity index (χ3v) is 9.06. The zero-order valence-corrected chi connectivity index (χ0v) is 24.0. The molecule has 0 spiro atoms. The monoisotopic (exact) mass is 548 g/mol. The Morgan fingerprint density at radius 2 is 1.51 bits per heavy atom. The molecule has 4 nitrogen and oxygen atoms in total. The number of ether oxygens (including phenoxy) is 1. The maximum Gasteiger partial charge on any atom is 0.127 e. The molecule has 0 bridgehead atoms. The molecule has 206 valence electrons. The summed E-state index contributed by atoms with van der Waals surface area (Å²) in [6, 6.07) is 18.5. The lowest BCUT2D eigenvalue weighted by Crippen LogP contribution is -2.61. The van der Waals surface area contributed by atoms with Gasteiger partial charge in [-0.1, -0.05) is 69.4 Å². The quantitative estimate of drug-likeness (QED) is 0.393. The van der Waals surface area contributed by atoms with Gasteiger partial charge in [-0.3, -0.25) is 4.90 Å². The van der Waals surface area contributed by atoms with E-state index in [0.29, 0.717) is 0 Å². The first-order valence-corrected chi connectivity index (χ1v) is 14.1. The van der Waals surface area contributed by atoms with Crippen LogP contribution in [0.5, 0.6) is 11.5 Å². The van der Waals surface area contributed by atoms with E-state index >= 15 is 0 Å². The molecule has 3 aliphatic rings. The molecule has 2 aromatic rings. The second-order valence-corrected chi connectivity index (χ2v) is 11.3. The van der Waals surface area contributed by atoms with Gasteiger partial charge in [-0.25, -0.2) is 0 Å². The number of piperazine rings is 1. The van der Waals surface area contributed by atoms with E-state index in [9.17, 15) is 5.11 Å². The Morgan fingerprint density at radius 3 is 2.24 bits per heavy atom. The zero-order valence-electron chi connectivity index (χ0n) is 22.4. The summed E-state index contributed by atoms with van der Waals surface area (Å²) in [6.45, 7) is 7.98. The Morgan fingerprint density at radius 1 is 0.838 bits per heavy atom. The summed E-state index contributed by atoms with van der Waals surface area (Å²) < 4.78 is 6.11. The van der Waals surface area contributed by atoms with Crippen LogP contribution in [0.15, 0.2) is 54.6 Å². The summed E-state index contributed by atoms with van der Waals surface area (Å²) in [6.07, 6.45) is 11.4. The van der Waals surface area contributed by atoms with Crippen LogP contribution in [0.1, 0.15) is 76.2 Å². The molecule has 2 aromatic carbocycles. The molecule has 3 unspecified atom stereocenters. The van der Waals surface area contributed by atoms with Crippen molar-refractivity contribution in [3.63, 3.8) is 0 Å². The van der Waals surface area contributed by atoms with Gasteiger partial charge in [0.05, 0.1) is 5.60 Å². The fraction of sp³-hybridized carbons (Fsp3) is 0.613. The Kier molecular flexibility index (Phi) is 11.6. The summed E-state index contributed by atoms with van der Waals surface area (Å²) in [5, 5.41) is 12.2. The minimum atomic E-state index is -0.699. The third-order valence-electron chi connectivity index (χ3n) is 9.06. The maximum atomic E-state index is 12.2. The highest BCUT2D eigenvalue weighted by atomic mass is 35.5.